The van der Waals surface area contributed by atoms with Gasteiger partial charge < -0.3 is 15.0 Å². The topological polar surface area (TPSA) is 102 Å². The molecule has 2 aromatic heterocycles. The SMILES string of the molecule is CC(C)(C)NC(=O)OCc1ccc(-n2cnc3c(=O)[nH]cnc32)cc1. The standard InChI is InChI=1S/C17H19N5O3/c1-17(2,3)21-16(24)25-8-11-4-6-12(7-5-11)22-10-20-13-14(22)18-9-19-15(13)23/h4-7,9-10H,8H2,1-3H3,(H,21,24)(H,18,19,23). The number of rotatable bonds is 3. The predicted octanol–water partition coefficient (Wildman–Crippen LogP) is 2.13. The second-order valence-electron chi connectivity index (χ2n) is 6.64. The summed E-state index contributed by atoms with van der Waals surface area (Å²) in [7, 11) is 0. The largest absolute Gasteiger partial charge is 0.445 e. The lowest BCUT2D eigenvalue weighted by Gasteiger charge is -2.19. The highest BCUT2D eigenvalue weighted by molar-refractivity contribution is 5.71. The second-order valence-corrected chi connectivity index (χ2v) is 6.64. The number of benzene rings is 1. The molecule has 2 N–H and O–H groups in total. The maximum atomic E-state index is 11.7. The Morgan fingerprint density at radius 2 is 1.96 bits per heavy atom. The van der Waals surface area contributed by atoms with Crippen LogP contribution in [-0.4, -0.2) is 31.2 Å². The van der Waals surface area contributed by atoms with Crippen molar-refractivity contribution in [3.8, 4) is 5.69 Å². The lowest BCUT2D eigenvalue weighted by molar-refractivity contribution is 0.131. The van der Waals surface area contributed by atoms with Crippen molar-refractivity contribution in [1.82, 2.24) is 24.8 Å². The number of ether oxygens (including phenoxy) is 1. The van der Waals surface area contributed by atoms with Crippen LogP contribution in [-0.2, 0) is 11.3 Å². The van der Waals surface area contributed by atoms with E-state index in [-0.39, 0.29) is 23.2 Å². The highest BCUT2D eigenvalue weighted by Crippen LogP contribution is 2.15. The van der Waals surface area contributed by atoms with Gasteiger partial charge in [0.1, 0.15) is 12.9 Å². The molecule has 8 heteroatoms. The van der Waals surface area contributed by atoms with Gasteiger partial charge in [-0.25, -0.2) is 14.8 Å². The van der Waals surface area contributed by atoms with Crippen molar-refractivity contribution in [2.45, 2.75) is 32.9 Å². The van der Waals surface area contributed by atoms with E-state index < -0.39 is 6.09 Å². The smallest absolute Gasteiger partial charge is 0.407 e. The van der Waals surface area contributed by atoms with Gasteiger partial charge >= 0.3 is 6.09 Å². The maximum Gasteiger partial charge on any atom is 0.407 e. The first-order valence-electron chi connectivity index (χ1n) is 7.78. The van der Waals surface area contributed by atoms with Gasteiger partial charge in [-0.2, -0.15) is 0 Å². The molecule has 1 aromatic carbocycles. The molecule has 8 nitrogen and oxygen atoms in total. The van der Waals surface area contributed by atoms with Crippen LogP contribution < -0.4 is 10.9 Å². The fourth-order valence-corrected chi connectivity index (χ4v) is 2.28. The molecule has 0 spiro atoms. The third-order valence-electron chi connectivity index (χ3n) is 3.40. The minimum atomic E-state index is -0.458. The zero-order valence-corrected chi connectivity index (χ0v) is 14.2. The first-order chi connectivity index (χ1) is 11.8. The number of hydrogen-bond donors (Lipinski definition) is 2. The number of H-pyrrole nitrogens is 1. The lowest BCUT2D eigenvalue weighted by Crippen LogP contribution is -2.40. The molecule has 0 saturated heterocycles. The number of aromatic nitrogens is 4. The molecule has 0 fully saturated rings. The van der Waals surface area contributed by atoms with Crippen LogP contribution in [0.1, 0.15) is 26.3 Å². The van der Waals surface area contributed by atoms with Crippen LogP contribution in [0.3, 0.4) is 0 Å². The van der Waals surface area contributed by atoms with Crippen molar-refractivity contribution < 1.29 is 9.53 Å². The molecule has 1 amide bonds. The molecular weight excluding hydrogens is 322 g/mol. The summed E-state index contributed by atoms with van der Waals surface area (Å²) in [6, 6.07) is 7.39. The van der Waals surface area contributed by atoms with Crippen molar-refractivity contribution in [2.24, 2.45) is 0 Å². The molecule has 130 valence electrons. The molecule has 3 rings (SSSR count). The maximum absolute atomic E-state index is 11.7. The van der Waals surface area contributed by atoms with Gasteiger partial charge in [-0.15, -0.1) is 0 Å². The Balaban J connectivity index is 1.73. The summed E-state index contributed by atoms with van der Waals surface area (Å²) >= 11 is 0. The Kier molecular flexibility index (Phi) is 4.26. The summed E-state index contributed by atoms with van der Waals surface area (Å²) in [6.45, 7) is 5.83. The van der Waals surface area contributed by atoms with Gasteiger partial charge in [-0.3, -0.25) is 9.36 Å². The third-order valence-corrected chi connectivity index (χ3v) is 3.40. The fraction of sp³-hybridized carbons (Fsp3) is 0.294. The molecule has 2 heterocycles. The summed E-state index contributed by atoms with van der Waals surface area (Å²) in [5.74, 6) is 0. The fourth-order valence-electron chi connectivity index (χ4n) is 2.28. The van der Waals surface area contributed by atoms with Gasteiger partial charge in [0.15, 0.2) is 11.2 Å². The quantitative estimate of drug-likeness (QED) is 0.760. The summed E-state index contributed by atoms with van der Waals surface area (Å²) in [6.07, 6.45) is 2.44. The van der Waals surface area contributed by atoms with E-state index in [1.807, 2.05) is 45.0 Å². The first-order valence-corrected chi connectivity index (χ1v) is 7.78. The number of hydrogen-bond acceptors (Lipinski definition) is 5. The molecule has 0 bridgehead atoms. The Bertz CT molecular complexity index is 951. The van der Waals surface area contributed by atoms with Crippen molar-refractivity contribution in [2.75, 3.05) is 0 Å². The molecular formula is C17H19N5O3. The Morgan fingerprint density at radius 1 is 1.24 bits per heavy atom. The highest BCUT2D eigenvalue weighted by Gasteiger charge is 2.14. The highest BCUT2D eigenvalue weighted by atomic mass is 16.5. The molecule has 0 aliphatic carbocycles. The zero-order chi connectivity index (χ0) is 18.0. The van der Waals surface area contributed by atoms with Crippen LogP contribution in [0.2, 0.25) is 0 Å². The molecule has 0 saturated carbocycles. The van der Waals surface area contributed by atoms with Crippen LogP contribution in [0, 0.1) is 0 Å². The zero-order valence-electron chi connectivity index (χ0n) is 14.2. The summed E-state index contributed by atoms with van der Waals surface area (Å²) in [4.78, 5) is 34.1. The number of nitrogens with one attached hydrogen (secondary N) is 2. The normalized spacial score (nSPS) is 11.5. The summed E-state index contributed by atoms with van der Waals surface area (Å²) in [5, 5.41) is 2.73. The lowest BCUT2D eigenvalue weighted by atomic mass is 10.1. The molecule has 0 unspecified atom stereocenters. The van der Waals surface area contributed by atoms with Gasteiger partial charge in [-0.05, 0) is 38.5 Å². The number of amides is 1. The van der Waals surface area contributed by atoms with E-state index >= 15 is 0 Å². The molecule has 0 atom stereocenters. The molecule has 0 aliphatic rings. The van der Waals surface area contributed by atoms with Crippen molar-refractivity contribution in [3.63, 3.8) is 0 Å². The van der Waals surface area contributed by atoms with E-state index in [9.17, 15) is 9.59 Å². The Labute approximate surface area is 143 Å². The van der Waals surface area contributed by atoms with Crippen molar-refractivity contribution in [1.29, 1.82) is 0 Å². The average Bonchev–Trinajstić information content (AvgIpc) is 2.97. The van der Waals surface area contributed by atoms with Gasteiger partial charge in [0.25, 0.3) is 5.56 Å². The molecule has 3 aromatic rings. The minimum Gasteiger partial charge on any atom is -0.445 e. The molecule has 25 heavy (non-hydrogen) atoms. The van der Waals surface area contributed by atoms with Gasteiger partial charge in [0.2, 0.25) is 0 Å². The predicted molar refractivity (Wildman–Crippen MR) is 92.6 cm³/mol. The number of nitrogens with zero attached hydrogens (tertiary/aromatic N) is 3. The number of carbonyl (C=O) groups is 1. The van der Waals surface area contributed by atoms with E-state index in [1.54, 1.807) is 10.9 Å². The van der Waals surface area contributed by atoms with Gasteiger partial charge in [-0.1, -0.05) is 12.1 Å². The molecule has 0 aliphatic heterocycles. The van der Waals surface area contributed by atoms with Crippen LogP contribution in [0.4, 0.5) is 4.79 Å². The number of fused-ring (bicyclic) bond motifs is 1. The van der Waals surface area contributed by atoms with E-state index in [0.29, 0.717) is 5.65 Å². The average molecular weight is 341 g/mol. The van der Waals surface area contributed by atoms with E-state index in [0.717, 1.165) is 11.3 Å². The van der Waals surface area contributed by atoms with Crippen LogP contribution >= 0.6 is 0 Å². The van der Waals surface area contributed by atoms with E-state index in [2.05, 4.69) is 20.3 Å². The summed E-state index contributed by atoms with van der Waals surface area (Å²) in [5.41, 5.74) is 1.81. The van der Waals surface area contributed by atoms with Crippen LogP contribution in [0.5, 0.6) is 0 Å². The number of alkyl carbamates (subject to hydrolysis) is 1. The van der Waals surface area contributed by atoms with Crippen LogP contribution in [0.25, 0.3) is 16.9 Å². The number of aromatic amines is 1. The third kappa shape index (κ3) is 3.85. The monoisotopic (exact) mass is 341 g/mol. The number of carbonyl (C=O) groups excluding carboxylic acids is 1. The first kappa shape index (κ1) is 16.7. The van der Waals surface area contributed by atoms with Gasteiger partial charge in [0.05, 0.1) is 6.33 Å². The van der Waals surface area contributed by atoms with Crippen molar-refractivity contribution >= 4 is 17.3 Å². The van der Waals surface area contributed by atoms with E-state index in [4.69, 9.17) is 4.74 Å². The molecule has 0 radical (unpaired) electrons. The number of imidazole rings is 1. The second kappa shape index (κ2) is 6.39. The van der Waals surface area contributed by atoms with Gasteiger partial charge in [0, 0.05) is 11.2 Å². The van der Waals surface area contributed by atoms with E-state index in [1.165, 1.54) is 6.33 Å². The minimum absolute atomic E-state index is 0.171. The van der Waals surface area contributed by atoms with Crippen LogP contribution in [0.15, 0.2) is 41.7 Å². The summed E-state index contributed by atoms with van der Waals surface area (Å²) < 4.78 is 6.92. The van der Waals surface area contributed by atoms with Crippen molar-refractivity contribution in [3.05, 3.63) is 52.8 Å². The Morgan fingerprint density at radius 3 is 2.64 bits per heavy atom. The Hall–Kier alpha value is -3.16.